The maximum Gasteiger partial charge on any atom is 0.272 e. The fourth-order valence-corrected chi connectivity index (χ4v) is 1.85. The fourth-order valence-electron chi connectivity index (χ4n) is 1.85. The molecule has 2 heterocycles. The SMILES string of the molecule is CCn1nc(C)cc1C(=O)N(C)C1CNC1. The summed E-state index contributed by atoms with van der Waals surface area (Å²) in [7, 11) is 1.86. The molecule has 1 aromatic heterocycles. The minimum absolute atomic E-state index is 0.0638. The lowest BCUT2D eigenvalue weighted by Crippen LogP contribution is -2.57. The van der Waals surface area contributed by atoms with Gasteiger partial charge >= 0.3 is 0 Å². The average molecular weight is 222 g/mol. The van der Waals surface area contributed by atoms with Crippen LogP contribution in [0, 0.1) is 6.92 Å². The Hall–Kier alpha value is -1.36. The second-order valence-electron chi connectivity index (χ2n) is 4.21. The van der Waals surface area contributed by atoms with Crippen LogP contribution in [0.3, 0.4) is 0 Å². The van der Waals surface area contributed by atoms with E-state index in [0.29, 0.717) is 11.7 Å². The van der Waals surface area contributed by atoms with Crippen molar-refractivity contribution < 1.29 is 4.79 Å². The van der Waals surface area contributed by atoms with Gasteiger partial charge in [-0.1, -0.05) is 0 Å². The molecule has 0 atom stereocenters. The van der Waals surface area contributed by atoms with Gasteiger partial charge < -0.3 is 10.2 Å². The van der Waals surface area contributed by atoms with Crippen molar-refractivity contribution in [1.29, 1.82) is 0 Å². The Morgan fingerprint density at radius 3 is 2.88 bits per heavy atom. The van der Waals surface area contributed by atoms with E-state index in [1.165, 1.54) is 0 Å². The van der Waals surface area contributed by atoms with Crippen molar-refractivity contribution in [3.63, 3.8) is 0 Å². The highest BCUT2D eigenvalue weighted by atomic mass is 16.2. The van der Waals surface area contributed by atoms with Crippen molar-refractivity contribution in [2.75, 3.05) is 20.1 Å². The van der Waals surface area contributed by atoms with E-state index in [1.807, 2.05) is 27.0 Å². The number of aromatic nitrogens is 2. The molecule has 1 saturated heterocycles. The van der Waals surface area contributed by atoms with Crippen LogP contribution in [-0.2, 0) is 6.54 Å². The zero-order valence-corrected chi connectivity index (χ0v) is 10.0. The fraction of sp³-hybridized carbons (Fsp3) is 0.636. The van der Waals surface area contributed by atoms with Gasteiger partial charge in [0.25, 0.3) is 5.91 Å². The number of carbonyl (C=O) groups is 1. The van der Waals surface area contributed by atoms with Gasteiger partial charge in [-0.3, -0.25) is 9.48 Å². The molecule has 2 rings (SSSR count). The number of amides is 1. The van der Waals surface area contributed by atoms with E-state index in [-0.39, 0.29) is 5.91 Å². The largest absolute Gasteiger partial charge is 0.335 e. The number of rotatable bonds is 3. The van der Waals surface area contributed by atoms with Crippen LogP contribution in [0.1, 0.15) is 23.1 Å². The van der Waals surface area contributed by atoms with Gasteiger partial charge in [-0.15, -0.1) is 0 Å². The third-order valence-corrected chi connectivity index (χ3v) is 3.05. The van der Waals surface area contributed by atoms with Gasteiger partial charge in [-0.2, -0.15) is 5.10 Å². The van der Waals surface area contributed by atoms with E-state index in [4.69, 9.17) is 0 Å². The molecule has 5 nitrogen and oxygen atoms in total. The van der Waals surface area contributed by atoms with Gasteiger partial charge in [0.1, 0.15) is 5.69 Å². The van der Waals surface area contributed by atoms with E-state index in [9.17, 15) is 4.79 Å². The number of aryl methyl sites for hydroxylation is 2. The normalized spacial score (nSPS) is 15.9. The maximum absolute atomic E-state index is 12.2. The molecule has 5 heteroatoms. The van der Waals surface area contributed by atoms with Crippen molar-refractivity contribution >= 4 is 5.91 Å². The van der Waals surface area contributed by atoms with E-state index >= 15 is 0 Å². The summed E-state index contributed by atoms with van der Waals surface area (Å²) in [6.07, 6.45) is 0. The highest BCUT2D eigenvalue weighted by Crippen LogP contribution is 2.11. The smallest absolute Gasteiger partial charge is 0.272 e. The molecule has 88 valence electrons. The Morgan fingerprint density at radius 1 is 1.69 bits per heavy atom. The zero-order chi connectivity index (χ0) is 11.7. The van der Waals surface area contributed by atoms with E-state index in [0.717, 1.165) is 25.3 Å². The molecule has 1 fully saturated rings. The molecular weight excluding hydrogens is 204 g/mol. The van der Waals surface area contributed by atoms with Crippen LogP contribution in [0.2, 0.25) is 0 Å². The average Bonchev–Trinajstić information content (AvgIpc) is 2.55. The number of nitrogens with zero attached hydrogens (tertiary/aromatic N) is 3. The molecule has 0 spiro atoms. The summed E-state index contributed by atoms with van der Waals surface area (Å²) in [5.41, 5.74) is 1.58. The van der Waals surface area contributed by atoms with Gasteiger partial charge in [-0.05, 0) is 19.9 Å². The van der Waals surface area contributed by atoms with Gasteiger partial charge in [-0.25, -0.2) is 0 Å². The van der Waals surface area contributed by atoms with Crippen LogP contribution in [-0.4, -0.2) is 46.8 Å². The zero-order valence-electron chi connectivity index (χ0n) is 10.0. The first kappa shape index (κ1) is 11.1. The summed E-state index contributed by atoms with van der Waals surface area (Å²) in [5.74, 6) is 0.0638. The van der Waals surface area contributed by atoms with Crippen molar-refractivity contribution in [2.24, 2.45) is 0 Å². The molecule has 0 saturated carbocycles. The van der Waals surface area contributed by atoms with E-state index in [1.54, 1.807) is 9.58 Å². The molecule has 0 unspecified atom stereocenters. The number of nitrogens with one attached hydrogen (secondary N) is 1. The van der Waals surface area contributed by atoms with Crippen LogP contribution >= 0.6 is 0 Å². The topological polar surface area (TPSA) is 50.2 Å². The third-order valence-electron chi connectivity index (χ3n) is 3.05. The van der Waals surface area contributed by atoms with Crippen molar-refractivity contribution in [1.82, 2.24) is 20.0 Å². The number of hydrogen-bond acceptors (Lipinski definition) is 3. The standard InChI is InChI=1S/C11H18N4O/c1-4-15-10(5-8(2)13-15)11(16)14(3)9-6-12-7-9/h5,9,12H,4,6-7H2,1-3H3. The van der Waals surface area contributed by atoms with Gasteiger partial charge in [0.2, 0.25) is 0 Å². The summed E-state index contributed by atoms with van der Waals surface area (Å²) >= 11 is 0. The lowest BCUT2D eigenvalue weighted by Gasteiger charge is -2.35. The quantitative estimate of drug-likeness (QED) is 0.798. The van der Waals surface area contributed by atoms with Crippen molar-refractivity contribution in [3.8, 4) is 0 Å². The summed E-state index contributed by atoms with van der Waals surface area (Å²) in [6, 6.07) is 2.18. The molecule has 1 aliphatic rings. The molecule has 1 amide bonds. The minimum atomic E-state index is 0.0638. The molecule has 1 N–H and O–H groups in total. The Bertz CT molecular complexity index is 395. The molecule has 16 heavy (non-hydrogen) atoms. The molecule has 1 aliphatic heterocycles. The van der Waals surface area contributed by atoms with Gasteiger partial charge in [0, 0.05) is 26.7 Å². The lowest BCUT2D eigenvalue weighted by molar-refractivity contribution is 0.0668. The van der Waals surface area contributed by atoms with Gasteiger partial charge in [0.05, 0.1) is 11.7 Å². The van der Waals surface area contributed by atoms with E-state index in [2.05, 4.69) is 10.4 Å². The Labute approximate surface area is 95.4 Å². The Balaban J connectivity index is 2.18. The molecule has 0 aliphatic carbocycles. The predicted molar refractivity (Wildman–Crippen MR) is 61.4 cm³/mol. The molecule has 0 aromatic carbocycles. The first-order valence-electron chi connectivity index (χ1n) is 5.65. The van der Waals surface area contributed by atoms with Crippen LogP contribution in [0.25, 0.3) is 0 Å². The van der Waals surface area contributed by atoms with Gasteiger partial charge in [0.15, 0.2) is 0 Å². The molecule has 1 aromatic rings. The van der Waals surface area contributed by atoms with Crippen molar-refractivity contribution in [2.45, 2.75) is 26.4 Å². The summed E-state index contributed by atoms with van der Waals surface area (Å²) < 4.78 is 1.76. The highest BCUT2D eigenvalue weighted by Gasteiger charge is 2.27. The molecular formula is C11H18N4O. The van der Waals surface area contributed by atoms with Crippen LogP contribution in [0.4, 0.5) is 0 Å². The first-order chi connectivity index (χ1) is 7.63. The van der Waals surface area contributed by atoms with Crippen LogP contribution < -0.4 is 5.32 Å². The second kappa shape index (κ2) is 4.25. The number of hydrogen-bond donors (Lipinski definition) is 1. The summed E-state index contributed by atoms with van der Waals surface area (Å²) in [5, 5.41) is 7.46. The van der Waals surface area contributed by atoms with Crippen LogP contribution in [0.15, 0.2) is 6.07 Å². The number of likely N-dealkylation sites (N-methyl/N-ethyl adjacent to an activating group) is 1. The summed E-state index contributed by atoms with van der Waals surface area (Å²) in [6.45, 7) is 6.41. The minimum Gasteiger partial charge on any atom is -0.335 e. The Morgan fingerprint density at radius 2 is 2.38 bits per heavy atom. The van der Waals surface area contributed by atoms with Crippen LogP contribution in [0.5, 0.6) is 0 Å². The van der Waals surface area contributed by atoms with E-state index < -0.39 is 0 Å². The second-order valence-corrected chi connectivity index (χ2v) is 4.21. The monoisotopic (exact) mass is 222 g/mol. The van der Waals surface area contributed by atoms with Crippen molar-refractivity contribution in [3.05, 3.63) is 17.5 Å². The molecule has 0 bridgehead atoms. The lowest BCUT2D eigenvalue weighted by atomic mass is 10.1. The Kier molecular flexibility index (Phi) is 2.96. The summed E-state index contributed by atoms with van der Waals surface area (Å²) in [4.78, 5) is 14.0. The number of carbonyl (C=O) groups excluding carboxylic acids is 1. The molecule has 0 radical (unpaired) electrons. The first-order valence-corrected chi connectivity index (χ1v) is 5.65. The maximum atomic E-state index is 12.2. The predicted octanol–water partition coefficient (Wildman–Crippen LogP) is 0.255. The third kappa shape index (κ3) is 1.82. The highest BCUT2D eigenvalue weighted by molar-refractivity contribution is 5.92.